The molecule has 0 unspecified atom stereocenters. The van der Waals surface area contributed by atoms with Gasteiger partial charge in [-0.15, -0.1) is 22.7 Å². The van der Waals surface area contributed by atoms with Crippen LogP contribution in [0.3, 0.4) is 0 Å². The summed E-state index contributed by atoms with van der Waals surface area (Å²) in [5, 5.41) is 12.8. The molecule has 0 aromatic carbocycles. The van der Waals surface area contributed by atoms with E-state index in [1.807, 2.05) is 17.5 Å². The van der Waals surface area contributed by atoms with Gasteiger partial charge in [0.1, 0.15) is 5.15 Å². The van der Waals surface area contributed by atoms with Crippen LogP contribution in [0.1, 0.15) is 42.2 Å². The zero-order valence-corrected chi connectivity index (χ0v) is 18.8. The molecule has 3 aromatic rings. The van der Waals surface area contributed by atoms with Gasteiger partial charge in [-0.05, 0) is 36.7 Å². The summed E-state index contributed by atoms with van der Waals surface area (Å²) in [6, 6.07) is 2.98. The minimum absolute atomic E-state index is 0.287. The van der Waals surface area contributed by atoms with Crippen molar-refractivity contribution in [2.24, 2.45) is 5.73 Å². The van der Waals surface area contributed by atoms with E-state index in [9.17, 15) is 13.2 Å². The molecule has 0 amide bonds. The Morgan fingerprint density at radius 2 is 2.16 bits per heavy atom. The second kappa shape index (κ2) is 10.2. The van der Waals surface area contributed by atoms with Gasteiger partial charge in [0, 0.05) is 39.8 Å². The molecule has 0 saturated carbocycles. The number of thiophene rings is 2. The molecule has 1 aliphatic rings. The van der Waals surface area contributed by atoms with Crippen LogP contribution in [0.4, 0.5) is 18.9 Å². The molecule has 0 spiro atoms. The number of nitrogens with zero attached hydrogens (tertiary/aromatic N) is 1. The van der Waals surface area contributed by atoms with Crippen molar-refractivity contribution in [2.75, 3.05) is 5.32 Å². The van der Waals surface area contributed by atoms with Crippen LogP contribution < -0.4 is 11.1 Å². The number of hydrogen-bond donors (Lipinski definition) is 3. The topological polar surface area (TPSA) is 88.2 Å². The standard InChI is InChI=1S/C19H20ClN3S2.C2HF3O2/c1-11-17-19(25-18(11)13-6-2-3-7-14(13)21)15(9-16(20)23-17)22-10-12-5-4-8-24-12;3-2(4,5)1(6)7/h2-5,8-9,13-14H,6-7,10,21H2,1H3,(H,22,23);(H,6,7)/t13-,14-;/m0./s1/i2D,3D,6D2,7D2;. The number of fused-ring (bicyclic) bond motifs is 1. The Hall–Kier alpha value is -2.14. The van der Waals surface area contributed by atoms with Crippen LogP contribution in [-0.2, 0) is 11.3 Å². The molecule has 0 fully saturated rings. The number of halogens is 4. The van der Waals surface area contributed by atoms with E-state index in [1.54, 1.807) is 24.3 Å². The number of rotatable bonds is 4. The predicted octanol–water partition coefficient (Wildman–Crippen LogP) is 6.33. The Labute approximate surface area is 204 Å². The summed E-state index contributed by atoms with van der Waals surface area (Å²) in [6.45, 7) is 2.37. The zero-order chi connectivity index (χ0) is 28.8. The smallest absolute Gasteiger partial charge is 0.475 e. The SMILES string of the molecule is O=C(O)C(F)(F)F.[2H]C1=C([2H])C([2H])([2H])[C@H](c2sc3c(NCc4cccs4)cc(Cl)nc3c2C)[C@@H](N)C1([2H])[2H]. The molecule has 172 valence electrons. The van der Waals surface area contributed by atoms with Crippen LogP contribution in [0.15, 0.2) is 35.7 Å². The van der Waals surface area contributed by atoms with E-state index in [4.69, 9.17) is 35.5 Å². The fraction of sp³-hybridized carbons (Fsp3) is 0.333. The van der Waals surface area contributed by atoms with Gasteiger partial charge in [-0.2, -0.15) is 13.2 Å². The van der Waals surface area contributed by atoms with Gasteiger partial charge in [0.25, 0.3) is 0 Å². The van der Waals surface area contributed by atoms with Gasteiger partial charge in [0.2, 0.25) is 0 Å². The molecule has 1 aliphatic carbocycles. The minimum Gasteiger partial charge on any atom is -0.475 e. The Morgan fingerprint density at radius 1 is 1.47 bits per heavy atom. The Balaban J connectivity index is 0.000000505. The minimum atomic E-state index is -5.08. The van der Waals surface area contributed by atoms with Crippen molar-refractivity contribution in [3.8, 4) is 0 Å². The van der Waals surface area contributed by atoms with Crippen molar-refractivity contribution in [1.29, 1.82) is 0 Å². The maximum atomic E-state index is 10.6. The zero-order valence-electron chi connectivity index (χ0n) is 22.4. The summed E-state index contributed by atoms with van der Waals surface area (Å²) < 4.78 is 82.0. The molecule has 5 nitrogen and oxygen atoms in total. The van der Waals surface area contributed by atoms with Crippen LogP contribution in [0.5, 0.6) is 0 Å². The number of carboxylic acid groups (broad SMARTS) is 1. The number of alkyl halides is 3. The summed E-state index contributed by atoms with van der Waals surface area (Å²) in [4.78, 5) is 15.0. The fourth-order valence-corrected chi connectivity index (χ4v) is 5.00. The van der Waals surface area contributed by atoms with Crippen molar-refractivity contribution in [3.05, 3.63) is 56.2 Å². The van der Waals surface area contributed by atoms with Gasteiger partial charge in [0.05, 0.1) is 18.6 Å². The van der Waals surface area contributed by atoms with E-state index in [-0.39, 0.29) is 5.15 Å². The van der Waals surface area contributed by atoms with Gasteiger partial charge in [-0.3, -0.25) is 0 Å². The quantitative estimate of drug-likeness (QED) is 0.282. The lowest BCUT2D eigenvalue weighted by molar-refractivity contribution is -0.192. The lowest BCUT2D eigenvalue weighted by Gasteiger charge is -2.24. The Kier molecular flexibility index (Phi) is 5.53. The highest BCUT2D eigenvalue weighted by atomic mass is 35.5. The third kappa shape index (κ3) is 5.80. The largest absolute Gasteiger partial charge is 0.490 e. The maximum absolute atomic E-state index is 10.6. The molecule has 3 aromatic heterocycles. The molecule has 0 radical (unpaired) electrons. The number of carboxylic acids is 1. The van der Waals surface area contributed by atoms with Crippen molar-refractivity contribution in [2.45, 2.75) is 44.4 Å². The molecular weight excluding hydrogens is 483 g/mol. The molecule has 32 heavy (non-hydrogen) atoms. The Morgan fingerprint density at radius 3 is 2.78 bits per heavy atom. The van der Waals surface area contributed by atoms with E-state index in [2.05, 4.69) is 10.3 Å². The molecule has 4 rings (SSSR count). The Bertz CT molecular complexity index is 1380. The molecule has 2 atom stereocenters. The summed E-state index contributed by atoms with van der Waals surface area (Å²) in [5.74, 6) is -3.89. The van der Waals surface area contributed by atoms with Crippen LogP contribution >= 0.6 is 34.3 Å². The first-order valence-electron chi connectivity index (χ1n) is 12.0. The number of aliphatic carboxylic acids is 1. The first-order valence-corrected chi connectivity index (χ1v) is 11.1. The highest BCUT2D eigenvalue weighted by molar-refractivity contribution is 7.20. The molecule has 11 heteroatoms. The summed E-state index contributed by atoms with van der Waals surface area (Å²) in [5.41, 5.74) is 8.19. The average Bonchev–Trinajstić information content (AvgIpc) is 3.44. The van der Waals surface area contributed by atoms with Crippen molar-refractivity contribution in [3.63, 3.8) is 0 Å². The second-order valence-electron chi connectivity index (χ2n) is 6.54. The average molecular weight is 510 g/mol. The highest BCUT2D eigenvalue weighted by Crippen LogP contribution is 2.42. The van der Waals surface area contributed by atoms with E-state index >= 15 is 0 Å². The maximum Gasteiger partial charge on any atom is 0.490 e. The monoisotopic (exact) mass is 509 g/mol. The molecular formula is C21H21ClF3N3O2S2. The van der Waals surface area contributed by atoms with Gasteiger partial charge in [-0.25, -0.2) is 9.78 Å². The second-order valence-corrected chi connectivity index (χ2v) is 9.01. The number of carbonyl (C=O) groups is 1. The number of anilines is 1. The van der Waals surface area contributed by atoms with Crippen LogP contribution in [0.2, 0.25) is 5.15 Å². The van der Waals surface area contributed by atoms with E-state index in [0.717, 1.165) is 15.3 Å². The molecule has 3 heterocycles. The molecule has 0 bridgehead atoms. The lowest BCUT2D eigenvalue weighted by Crippen LogP contribution is -2.29. The van der Waals surface area contributed by atoms with E-state index < -0.39 is 49.0 Å². The van der Waals surface area contributed by atoms with Gasteiger partial charge >= 0.3 is 12.1 Å². The number of hydrogen-bond acceptors (Lipinski definition) is 6. The van der Waals surface area contributed by atoms with Gasteiger partial charge in [0.15, 0.2) is 0 Å². The van der Waals surface area contributed by atoms with E-state index in [1.165, 1.54) is 11.3 Å². The third-order valence-electron chi connectivity index (χ3n) is 4.32. The van der Waals surface area contributed by atoms with E-state index in [0.29, 0.717) is 22.5 Å². The normalized spacial score (nSPS) is 24.8. The first kappa shape index (κ1) is 17.4. The fourth-order valence-electron chi connectivity index (χ4n) is 2.82. The van der Waals surface area contributed by atoms with Gasteiger partial charge in [-0.1, -0.05) is 29.8 Å². The number of allylic oxidation sites excluding steroid dienone is 1. The number of pyridine rings is 1. The number of nitrogens with one attached hydrogen (secondary N) is 1. The van der Waals surface area contributed by atoms with Crippen LogP contribution in [-0.4, -0.2) is 28.3 Å². The van der Waals surface area contributed by atoms with Crippen LogP contribution in [0.25, 0.3) is 10.2 Å². The lowest BCUT2D eigenvalue weighted by atomic mass is 9.87. The predicted molar refractivity (Wildman–Crippen MR) is 124 cm³/mol. The van der Waals surface area contributed by atoms with Crippen LogP contribution in [0, 0.1) is 6.92 Å². The van der Waals surface area contributed by atoms with Crippen molar-refractivity contribution in [1.82, 2.24) is 4.98 Å². The number of nitrogens with two attached hydrogens (primary N) is 1. The molecule has 0 saturated heterocycles. The van der Waals surface area contributed by atoms with Crippen molar-refractivity contribution < 1.29 is 31.3 Å². The summed E-state index contributed by atoms with van der Waals surface area (Å²) in [7, 11) is 0. The molecule has 0 aliphatic heterocycles. The van der Waals surface area contributed by atoms with Crippen molar-refractivity contribution >= 4 is 56.1 Å². The summed E-state index contributed by atoms with van der Waals surface area (Å²) in [6.07, 6.45) is -9.69. The number of aromatic nitrogens is 1. The first-order chi connectivity index (χ1) is 17.4. The number of aryl methyl sites for hydroxylation is 1. The molecule has 4 N–H and O–H groups in total. The highest BCUT2D eigenvalue weighted by Gasteiger charge is 2.38. The van der Waals surface area contributed by atoms with Gasteiger partial charge < -0.3 is 16.2 Å². The summed E-state index contributed by atoms with van der Waals surface area (Å²) >= 11 is 9.16. The third-order valence-corrected chi connectivity index (χ3v) is 6.79.